The Morgan fingerprint density at radius 1 is 0.806 bits per heavy atom. The molecule has 0 unspecified atom stereocenters. The molecule has 5 nitrogen and oxygen atoms in total. The van der Waals surface area contributed by atoms with Gasteiger partial charge in [0.15, 0.2) is 0 Å². The fraction of sp³-hybridized carbons (Fsp3) is 0.0400. The van der Waals surface area contributed by atoms with Gasteiger partial charge in [-0.1, -0.05) is 48.5 Å². The number of rotatable bonds is 5. The zero-order valence-electron chi connectivity index (χ0n) is 16.6. The number of para-hydroxylation sites is 1. The molecule has 0 bridgehead atoms. The van der Waals surface area contributed by atoms with Gasteiger partial charge in [0.2, 0.25) is 0 Å². The van der Waals surface area contributed by atoms with Crippen molar-refractivity contribution in [2.45, 2.75) is 0 Å². The summed E-state index contributed by atoms with van der Waals surface area (Å²) in [5.74, 6) is 0.182. The number of aromatic hydroxyl groups is 1. The molecule has 0 saturated carbocycles. The summed E-state index contributed by atoms with van der Waals surface area (Å²) in [4.78, 5) is 11.2. The lowest BCUT2D eigenvalue weighted by Crippen LogP contribution is -1.94. The van der Waals surface area contributed by atoms with E-state index in [1.165, 1.54) is 24.3 Å². The number of nitro groups is 1. The number of hydrogen-bond donors (Lipinski definition) is 1. The third-order valence-corrected chi connectivity index (χ3v) is 5.06. The average molecular weight is 415 g/mol. The molecule has 4 aromatic carbocycles. The largest absolute Gasteiger partial charge is 0.507 e. The van der Waals surface area contributed by atoms with Gasteiger partial charge in [-0.25, -0.2) is 4.39 Å². The minimum absolute atomic E-state index is 0.0174. The number of phenolic OH excluding ortho intramolecular Hbond substituents is 1. The van der Waals surface area contributed by atoms with Crippen molar-refractivity contribution < 1.29 is 19.2 Å². The Bertz CT molecular complexity index is 1290. The number of phenols is 1. The van der Waals surface area contributed by atoms with Crippen LogP contribution in [0.4, 0.5) is 10.1 Å². The Hall–Kier alpha value is -4.19. The quantitative estimate of drug-likeness (QED) is 0.300. The highest BCUT2D eigenvalue weighted by atomic mass is 19.1. The zero-order chi connectivity index (χ0) is 22.0. The van der Waals surface area contributed by atoms with Crippen LogP contribution in [0.5, 0.6) is 11.5 Å². The van der Waals surface area contributed by atoms with Crippen molar-refractivity contribution in [3.63, 3.8) is 0 Å². The van der Waals surface area contributed by atoms with E-state index in [0.29, 0.717) is 28.0 Å². The lowest BCUT2D eigenvalue weighted by atomic mass is 9.95. The monoisotopic (exact) mass is 415 g/mol. The molecule has 0 aliphatic rings. The van der Waals surface area contributed by atoms with Crippen molar-refractivity contribution in [2.75, 3.05) is 7.11 Å². The second-order valence-corrected chi connectivity index (χ2v) is 6.93. The van der Waals surface area contributed by atoms with Crippen LogP contribution in [-0.2, 0) is 0 Å². The van der Waals surface area contributed by atoms with E-state index in [2.05, 4.69) is 0 Å². The molecule has 4 rings (SSSR count). The maximum Gasteiger partial charge on any atom is 0.277 e. The van der Waals surface area contributed by atoms with Crippen LogP contribution in [0.15, 0.2) is 84.9 Å². The summed E-state index contributed by atoms with van der Waals surface area (Å²) >= 11 is 0. The van der Waals surface area contributed by atoms with Crippen LogP contribution in [0.25, 0.3) is 33.4 Å². The molecular formula is C25H18FNO4. The predicted octanol–water partition coefficient (Wildman–Crippen LogP) is 6.45. The van der Waals surface area contributed by atoms with E-state index in [0.717, 1.165) is 11.1 Å². The molecule has 0 aliphatic heterocycles. The van der Waals surface area contributed by atoms with Crippen LogP contribution in [0.1, 0.15) is 0 Å². The van der Waals surface area contributed by atoms with E-state index >= 15 is 0 Å². The summed E-state index contributed by atoms with van der Waals surface area (Å²) in [5, 5.41) is 22.4. The fourth-order valence-electron chi connectivity index (χ4n) is 3.58. The highest BCUT2D eigenvalue weighted by molar-refractivity contribution is 5.83. The van der Waals surface area contributed by atoms with Gasteiger partial charge in [-0.15, -0.1) is 0 Å². The third kappa shape index (κ3) is 3.96. The molecule has 6 heteroatoms. The summed E-state index contributed by atoms with van der Waals surface area (Å²) in [6, 6.07) is 22.8. The smallest absolute Gasteiger partial charge is 0.277 e. The third-order valence-electron chi connectivity index (χ3n) is 5.06. The molecule has 0 saturated heterocycles. The van der Waals surface area contributed by atoms with E-state index in [-0.39, 0.29) is 11.4 Å². The summed E-state index contributed by atoms with van der Waals surface area (Å²) in [6.45, 7) is 0. The molecule has 0 atom stereocenters. The fourth-order valence-corrected chi connectivity index (χ4v) is 3.58. The number of benzene rings is 4. The number of nitro benzene ring substituents is 1. The molecule has 154 valence electrons. The van der Waals surface area contributed by atoms with Crippen molar-refractivity contribution in [2.24, 2.45) is 0 Å². The Morgan fingerprint density at radius 3 is 2.16 bits per heavy atom. The first kappa shape index (κ1) is 20.1. The lowest BCUT2D eigenvalue weighted by molar-refractivity contribution is -0.384. The first-order valence-electron chi connectivity index (χ1n) is 9.49. The molecule has 0 heterocycles. The van der Waals surface area contributed by atoms with Crippen LogP contribution < -0.4 is 4.74 Å². The molecule has 4 aromatic rings. The van der Waals surface area contributed by atoms with Gasteiger partial charge in [-0.2, -0.15) is 0 Å². The molecule has 0 aliphatic carbocycles. The number of ether oxygens (including phenoxy) is 1. The zero-order valence-corrected chi connectivity index (χ0v) is 16.6. The van der Waals surface area contributed by atoms with Crippen LogP contribution >= 0.6 is 0 Å². The van der Waals surface area contributed by atoms with Gasteiger partial charge >= 0.3 is 0 Å². The highest BCUT2D eigenvalue weighted by Crippen LogP contribution is 2.39. The van der Waals surface area contributed by atoms with Gasteiger partial charge in [-0.3, -0.25) is 10.1 Å². The molecule has 0 spiro atoms. The molecular weight excluding hydrogens is 397 g/mol. The van der Waals surface area contributed by atoms with Crippen molar-refractivity contribution in [3.8, 4) is 44.9 Å². The van der Waals surface area contributed by atoms with Crippen LogP contribution in [0.2, 0.25) is 0 Å². The first-order chi connectivity index (χ1) is 15.0. The van der Waals surface area contributed by atoms with E-state index in [1.54, 1.807) is 37.4 Å². The van der Waals surface area contributed by atoms with Crippen LogP contribution in [0.3, 0.4) is 0 Å². The molecule has 31 heavy (non-hydrogen) atoms. The lowest BCUT2D eigenvalue weighted by Gasteiger charge is -2.12. The molecule has 0 amide bonds. The summed E-state index contributed by atoms with van der Waals surface area (Å²) in [5.41, 5.74) is 3.05. The molecule has 0 fully saturated rings. The molecule has 0 aromatic heterocycles. The number of methoxy groups -OCH3 is 1. The maximum atomic E-state index is 13.6. The molecule has 1 N–H and O–H groups in total. The number of nitrogens with zero attached hydrogens (tertiary/aromatic N) is 1. The topological polar surface area (TPSA) is 72.6 Å². The second kappa shape index (κ2) is 8.28. The molecule has 0 radical (unpaired) electrons. The maximum absolute atomic E-state index is 13.6. The van der Waals surface area contributed by atoms with Crippen molar-refractivity contribution in [3.05, 3.63) is 101 Å². The van der Waals surface area contributed by atoms with Gasteiger partial charge in [-0.05, 0) is 47.0 Å². The first-order valence-corrected chi connectivity index (χ1v) is 9.49. The normalized spacial score (nSPS) is 10.6. The number of halogens is 1. The second-order valence-electron chi connectivity index (χ2n) is 6.93. The predicted molar refractivity (Wildman–Crippen MR) is 118 cm³/mol. The van der Waals surface area contributed by atoms with Crippen LogP contribution in [0, 0.1) is 15.9 Å². The minimum Gasteiger partial charge on any atom is -0.507 e. The Balaban J connectivity index is 1.78. The van der Waals surface area contributed by atoms with E-state index in [9.17, 15) is 19.6 Å². The SMILES string of the molecule is COc1ccccc1-c1ccc(-c2ccc(-c3cccc(F)c3)c([N+](=O)[O-])c2)c(O)c1. The van der Waals surface area contributed by atoms with Crippen LogP contribution in [-0.4, -0.2) is 17.1 Å². The Morgan fingerprint density at radius 2 is 1.48 bits per heavy atom. The van der Waals surface area contributed by atoms with E-state index in [1.807, 2.05) is 30.3 Å². The van der Waals surface area contributed by atoms with Crippen molar-refractivity contribution >= 4 is 5.69 Å². The van der Waals surface area contributed by atoms with Gasteiger partial charge in [0.1, 0.15) is 17.3 Å². The van der Waals surface area contributed by atoms with Gasteiger partial charge in [0.25, 0.3) is 5.69 Å². The number of hydrogen-bond acceptors (Lipinski definition) is 4. The highest BCUT2D eigenvalue weighted by Gasteiger charge is 2.19. The van der Waals surface area contributed by atoms with Crippen molar-refractivity contribution in [1.82, 2.24) is 0 Å². The van der Waals surface area contributed by atoms with Gasteiger partial charge in [0, 0.05) is 17.2 Å². The van der Waals surface area contributed by atoms with E-state index < -0.39 is 10.7 Å². The standard InChI is InChI=1S/C25H18FNO4/c1-31-25-8-3-2-7-22(25)18-10-12-21(24(28)15-18)17-9-11-20(23(14-17)27(29)30)16-5-4-6-19(26)13-16/h2-15,28H,1H3. The summed E-state index contributed by atoms with van der Waals surface area (Å²) in [7, 11) is 1.58. The van der Waals surface area contributed by atoms with Crippen molar-refractivity contribution in [1.29, 1.82) is 0 Å². The van der Waals surface area contributed by atoms with E-state index in [4.69, 9.17) is 4.74 Å². The van der Waals surface area contributed by atoms with Gasteiger partial charge < -0.3 is 9.84 Å². The summed E-state index contributed by atoms with van der Waals surface area (Å²) < 4.78 is 19.0. The Labute approximate surface area is 178 Å². The Kier molecular flexibility index (Phi) is 5.37. The minimum atomic E-state index is -0.510. The van der Waals surface area contributed by atoms with Gasteiger partial charge in [0.05, 0.1) is 17.6 Å². The summed E-state index contributed by atoms with van der Waals surface area (Å²) in [6.07, 6.45) is 0. The average Bonchev–Trinajstić information content (AvgIpc) is 2.78.